The van der Waals surface area contributed by atoms with Gasteiger partial charge in [0.05, 0.1) is 4.90 Å². The number of carbonyl (C=O) groups is 1. The van der Waals surface area contributed by atoms with Crippen molar-refractivity contribution in [2.24, 2.45) is 0 Å². The van der Waals surface area contributed by atoms with E-state index in [0.717, 1.165) is 5.56 Å². The molecule has 94 valence electrons. The van der Waals surface area contributed by atoms with Gasteiger partial charge in [0.1, 0.15) is 0 Å². The molecule has 0 radical (unpaired) electrons. The van der Waals surface area contributed by atoms with Gasteiger partial charge < -0.3 is 5.11 Å². The van der Waals surface area contributed by atoms with Gasteiger partial charge in [-0.1, -0.05) is 12.1 Å². The van der Waals surface area contributed by atoms with Crippen LogP contribution in [0, 0.1) is 6.92 Å². The second-order valence-corrected chi connectivity index (χ2v) is 6.10. The predicted octanol–water partition coefficient (Wildman–Crippen LogP) is 1.81. The second kappa shape index (κ2) is 5.31. The first-order valence-electron chi connectivity index (χ1n) is 5.32. The van der Waals surface area contributed by atoms with Crippen molar-refractivity contribution in [3.05, 3.63) is 29.3 Å². The number of benzene rings is 1. The molecular formula is C12H16O4S. The Bertz CT molecular complexity index is 517. The molecule has 0 fully saturated rings. The van der Waals surface area contributed by atoms with Crippen LogP contribution in [0.5, 0.6) is 0 Å². The summed E-state index contributed by atoms with van der Waals surface area (Å²) in [7, 11) is -3.18. The lowest BCUT2D eigenvalue weighted by Gasteiger charge is -2.06. The SMILES string of the molecule is Cc1cc(CCCC(=O)O)ccc1S(C)(=O)=O. The van der Waals surface area contributed by atoms with Crippen molar-refractivity contribution in [3.8, 4) is 0 Å². The largest absolute Gasteiger partial charge is 0.481 e. The fourth-order valence-electron chi connectivity index (χ4n) is 1.73. The Morgan fingerprint density at radius 1 is 1.35 bits per heavy atom. The van der Waals surface area contributed by atoms with Crippen LogP contribution in [0.4, 0.5) is 0 Å². The van der Waals surface area contributed by atoms with E-state index in [1.165, 1.54) is 6.26 Å². The van der Waals surface area contributed by atoms with Crippen LogP contribution in [-0.4, -0.2) is 25.7 Å². The fourth-order valence-corrected chi connectivity index (χ4v) is 2.69. The van der Waals surface area contributed by atoms with Crippen molar-refractivity contribution >= 4 is 15.8 Å². The molecule has 0 aliphatic heterocycles. The van der Waals surface area contributed by atoms with Crippen LogP contribution in [0.1, 0.15) is 24.0 Å². The standard InChI is InChI=1S/C12H16O4S/c1-9-8-10(4-3-5-12(13)14)6-7-11(9)17(2,15)16/h6-8H,3-5H2,1-2H3,(H,13,14). The summed E-state index contributed by atoms with van der Waals surface area (Å²) in [6, 6.07) is 5.13. The topological polar surface area (TPSA) is 71.4 Å². The Balaban J connectivity index is 2.79. The Hall–Kier alpha value is -1.36. The highest BCUT2D eigenvalue weighted by molar-refractivity contribution is 7.90. The zero-order valence-electron chi connectivity index (χ0n) is 9.93. The molecule has 0 spiro atoms. The van der Waals surface area contributed by atoms with Gasteiger partial charge in [-0.3, -0.25) is 4.79 Å². The molecule has 0 aliphatic rings. The normalized spacial score (nSPS) is 11.4. The number of aliphatic carboxylic acids is 1. The number of rotatable bonds is 5. The van der Waals surface area contributed by atoms with E-state index in [0.29, 0.717) is 23.3 Å². The predicted molar refractivity (Wildman–Crippen MR) is 64.9 cm³/mol. The maximum atomic E-state index is 11.4. The van der Waals surface area contributed by atoms with E-state index in [2.05, 4.69) is 0 Å². The molecule has 1 aromatic carbocycles. The third-order valence-corrected chi connectivity index (χ3v) is 3.75. The minimum absolute atomic E-state index is 0.132. The molecule has 0 amide bonds. The zero-order valence-corrected chi connectivity index (χ0v) is 10.8. The third kappa shape index (κ3) is 4.19. The molecule has 5 heteroatoms. The Morgan fingerprint density at radius 3 is 2.47 bits per heavy atom. The average molecular weight is 256 g/mol. The first-order valence-corrected chi connectivity index (χ1v) is 7.21. The molecule has 1 aromatic rings. The molecule has 0 saturated carbocycles. The lowest BCUT2D eigenvalue weighted by Crippen LogP contribution is -2.01. The zero-order chi connectivity index (χ0) is 13.1. The van der Waals surface area contributed by atoms with Crippen LogP contribution < -0.4 is 0 Å². The van der Waals surface area contributed by atoms with Crippen LogP contribution >= 0.6 is 0 Å². The van der Waals surface area contributed by atoms with Gasteiger partial charge in [0.15, 0.2) is 9.84 Å². The average Bonchev–Trinajstić information content (AvgIpc) is 2.14. The van der Waals surface area contributed by atoms with E-state index in [1.807, 2.05) is 0 Å². The minimum Gasteiger partial charge on any atom is -0.481 e. The highest BCUT2D eigenvalue weighted by atomic mass is 32.2. The van der Waals surface area contributed by atoms with E-state index in [4.69, 9.17) is 5.11 Å². The quantitative estimate of drug-likeness (QED) is 0.872. The van der Waals surface area contributed by atoms with Crippen molar-refractivity contribution < 1.29 is 18.3 Å². The van der Waals surface area contributed by atoms with Crippen molar-refractivity contribution in [2.45, 2.75) is 31.1 Å². The summed E-state index contributed by atoms with van der Waals surface area (Å²) >= 11 is 0. The second-order valence-electron chi connectivity index (χ2n) is 4.12. The number of hydrogen-bond donors (Lipinski definition) is 1. The van der Waals surface area contributed by atoms with Crippen molar-refractivity contribution in [2.75, 3.05) is 6.26 Å². The van der Waals surface area contributed by atoms with E-state index in [-0.39, 0.29) is 6.42 Å². The van der Waals surface area contributed by atoms with Crippen molar-refractivity contribution in [3.63, 3.8) is 0 Å². The molecule has 0 unspecified atom stereocenters. The first-order chi connectivity index (χ1) is 7.80. The summed E-state index contributed by atoms with van der Waals surface area (Å²) < 4.78 is 22.8. The Labute approximate surface area is 101 Å². The van der Waals surface area contributed by atoms with Crippen LogP contribution in [0.3, 0.4) is 0 Å². The van der Waals surface area contributed by atoms with E-state index >= 15 is 0 Å². The summed E-state index contributed by atoms with van der Waals surface area (Å²) in [5, 5.41) is 8.52. The van der Waals surface area contributed by atoms with Crippen LogP contribution in [0.25, 0.3) is 0 Å². The van der Waals surface area contributed by atoms with Crippen LogP contribution in [0.15, 0.2) is 23.1 Å². The molecule has 0 aromatic heterocycles. The third-order valence-electron chi connectivity index (χ3n) is 2.49. The Morgan fingerprint density at radius 2 is 2.00 bits per heavy atom. The fraction of sp³-hybridized carbons (Fsp3) is 0.417. The number of sulfone groups is 1. The monoisotopic (exact) mass is 256 g/mol. The van der Waals surface area contributed by atoms with Gasteiger partial charge in [-0.25, -0.2) is 8.42 Å². The van der Waals surface area contributed by atoms with Crippen molar-refractivity contribution in [1.29, 1.82) is 0 Å². The summed E-state index contributed by atoms with van der Waals surface area (Å²) in [6.45, 7) is 1.75. The van der Waals surface area contributed by atoms with Crippen LogP contribution in [0.2, 0.25) is 0 Å². The molecule has 0 saturated heterocycles. The van der Waals surface area contributed by atoms with E-state index in [9.17, 15) is 13.2 Å². The van der Waals surface area contributed by atoms with Gasteiger partial charge in [0.2, 0.25) is 0 Å². The maximum absolute atomic E-state index is 11.4. The summed E-state index contributed by atoms with van der Waals surface area (Å²) in [5.41, 5.74) is 1.68. The molecule has 1 N–H and O–H groups in total. The molecule has 0 heterocycles. The summed E-state index contributed by atoms with van der Waals surface area (Å²) in [4.78, 5) is 10.7. The number of carboxylic acids is 1. The van der Waals surface area contributed by atoms with Gasteiger partial charge in [-0.15, -0.1) is 0 Å². The molecule has 0 bridgehead atoms. The molecule has 0 aliphatic carbocycles. The van der Waals surface area contributed by atoms with Gasteiger partial charge in [-0.2, -0.15) is 0 Å². The molecule has 1 rings (SSSR count). The van der Waals surface area contributed by atoms with Gasteiger partial charge in [0.25, 0.3) is 0 Å². The van der Waals surface area contributed by atoms with Crippen molar-refractivity contribution in [1.82, 2.24) is 0 Å². The van der Waals surface area contributed by atoms with Gasteiger partial charge in [0, 0.05) is 12.7 Å². The molecular weight excluding hydrogens is 240 g/mol. The lowest BCUT2D eigenvalue weighted by atomic mass is 10.1. The number of carboxylic acid groups (broad SMARTS) is 1. The van der Waals surface area contributed by atoms with Crippen LogP contribution in [-0.2, 0) is 21.1 Å². The number of aryl methyl sites for hydroxylation is 2. The van der Waals surface area contributed by atoms with Gasteiger partial charge in [-0.05, 0) is 37.0 Å². The highest BCUT2D eigenvalue weighted by Crippen LogP contribution is 2.17. The van der Waals surface area contributed by atoms with E-state index < -0.39 is 15.8 Å². The molecule has 4 nitrogen and oxygen atoms in total. The van der Waals surface area contributed by atoms with E-state index in [1.54, 1.807) is 25.1 Å². The Kier molecular flexibility index (Phi) is 4.28. The summed E-state index contributed by atoms with van der Waals surface area (Å²) in [5.74, 6) is -0.811. The van der Waals surface area contributed by atoms with Gasteiger partial charge >= 0.3 is 5.97 Å². The maximum Gasteiger partial charge on any atom is 0.303 e. The lowest BCUT2D eigenvalue weighted by molar-refractivity contribution is -0.137. The minimum atomic E-state index is -3.18. The summed E-state index contributed by atoms with van der Waals surface area (Å²) in [6.07, 6.45) is 2.52. The highest BCUT2D eigenvalue weighted by Gasteiger charge is 2.10. The first kappa shape index (κ1) is 13.7. The smallest absolute Gasteiger partial charge is 0.303 e. The number of hydrogen-bond acceptors (Lipinski definition) is 3. The molecule has 0 atom stereocenters. The molecule has 17 heavy (non-hydrogen) atoms.